The molecule has 1 rings (SSSR count). The van der Waals surface area contributed by atoms with Gasteiger partial charge in [0.2, 0.25) is 5.13 Å². The molecule has 0 radical (unpaired) electrons. The zero-order valence-electron chi connectivity index (χ0n) is 11.4. The number of carbonyl (C=O) groups excluding carboxylic acids is 1. The molecule has 0 aliphatic carbocycles. The number of nitrogens with zero attached hydrogens (tertiary/aromatic N) is 1. The van der Waals surface area contributed by atoms with Crippen LogP contribution in [0.15, 0.2) is 0 Å². The van der Waals surface area contributed by atoms with E-state index in [9.17, 15) is 9.18 Å². The van der Waals surface area contributed by atoms with Crippen LogP contribution in [-0.4, -0.2) is 30.5 Å². The molecule has 0 saturated heterocycles. The fourth-order valence-corrected chi connectivity index (χ4v) is 1.85. The third-order valence-corrected chi connectivity index (χ3v) is 2.60. The van der Waals surface area contributed by atoms with Crippen molar-refractivity contribution in [3.63, 3.8) is 0 Å². The van der Waals surface area contributed by atoms with Crippen molar-refractivity contribution in [3.05, 3.63) is 10.8 Å². The molecule has 1 heterocycles. The van der Waals surface area contributed by atoms with E-state index in [1.54, 1.807) is 20.8 Å². The molecule has 0 saturated carbocycles. The third kappa shape index (κ3) is 5.95. The van der Waals surface area contributed by atoms with E-state index in [1.165, 1.54) is 7.11 Å². The lowest BCUT2D eigenvalue weighted by molar-refractivity contribution is 0.0636. The van der Waals surface area contributed by atoms with Gasteiger partial charge in [0.1, 0.15) is 11.3 Å². The van der Waals surface area contributed by atoms with Gasteiger partial charge in [-0.25, -0.2) is 9.78 Å². The first-order valence-corrected chi connectivity index (χ1v) is 6.48. The summed E-state index contributed by atoms with van der Waals surface area (Å²) >= 11 is 0.756. The monoisotopic (exact) mass is 291 g/mol. The van der Waals surface area contributed by atoms with E-state index in [0.29, 0.717) is 6.73 Å². The van der Waals surface area contributed by atoms with Crippen molar-refractivity contribution >= 4 is 22.6 Å². The lowest BCUT2D eigenvalue weighted by atomic mass is 10.2. The number of aromatic nitrogens is 1. The van der Waals surface area contributed by atoms with Crippen LogP contribution >= 0.6 is 11.3 Å². The van der Waals surface area contributed by atoms with Gasteiger partial charge in [-0.1, -0.05) is 11.3 Å². The predicted octanol–water partition coefficient (Wildman–Crippen LogP) is 2.32. The first-order chi connectivity index (χ1) is 8.81. The lowest BCUT2D eigenvalue weighted by Crippen LogP contribution is -2.27. The maximum atomic E-state index is 13.5. The van der Waals surface area contributed by atoms with E-state index in [4.69, 9.17) is 9.47 Å². The number of anilines is 1. The number of hydrogen-bond donors (Lipinski definition) is 2. The fraction of sp³-hybridized carbons (Fsp3) is 0.636. The van der Waals surface area contributed by atoms with Crippen LogP contribution < -0.4 is 10.6 Å². The van der Waals surface area contributed by atoms with Crippen molar-refractivity contribution in [2.45, 2.75) is 32.9 Å². The van der Waals surface area contributed by atoms with Crippen molar-refractivity contribution in [2.24, 2.45) is 0 Å². The fourth-order valence-electron chi connectivity index (χ4n) is 1.16. The van der Waals surface area contributed by atoms with Crippen LogP contribution in [0.5, 0.6) is 0 Å². The summed E-state index contributed by atoms with van der Waals surface area (Å²) < 4.78 is 23.3. The molecule has 8 heteroatoms. The molecule has 6 nitrogen and oxygen atoms in total. The molecule has 1 amide bonds. The molecule has 1 aromatic rings. The molecule has 108 valence electrons. The molecule has 0 unspecified atom stereocenters. The second kappa shape index (κ2) is 6.78. The summed E-state index contributed by atoms with van der Waals surface area (Å²) in [5.74, 6) is 0. The molecular formula is C11H18FN3O3S. The Labute approximate surface area is 115 Å². The van der Waals surface area contributed by atoms with Crippen molar-refractivity contribution in [1.29, 1.82) is 0 Å². The molecule has 0 spiro atoms. The average molecular weight is 291 g/mol. The van der Waals surface area contributed by atoms with Gasteiger partial charge in [0.15, 0.2) is 5.13 Å². The molecule has 0 aliphatic rings. The smallest absolute Gasteiger partial charge is 0.413 e. The molecule has 0 bridgehead atoms. The van der Waals surface area contributed by atoms with Crippen LogP contribution in [0.1, 0.15) is 26.5 Å². The highest BCUT2D eigenvalue weighted by Gasteiger charge is 2.18. The van der Waals surface area contributed by atoms with Gasteiger partial charge in [-0.15, -0.1) is 0 Å². The van der Waals surface area contributed by atoms with Crippen LogP contribution in [-0.2, 0) is 16.0 Å². The number of halogens is 1. The van der Waals surface area contributed by atoms with Crippen molar-refractivity contribution in [3.8, 4) is 0 Å². The predicted molar refractivity (Wildman–Crippen MR) is 70.6 cm³/mol. The zero-order chi connectivity index (χ0) is 14.5. The highest BCUT2D eigenvalue weighted by atomic mass is 32.1. The normalized spacial score (nSPS) is 11.4. The summed E-state index contributed by atoms with van der Waals surface area (Å²) in [5, 5.41) is 4.95. The Balaban J connectivity index is 2.55. The molecule has 0 atom stereocenters. The summed E-state index contributed by atoms with van der Waals surface area (Å²) in [6, 6.07) is 0. The van der Waals surface area contributed by atoms with Gasteiger partial charge in [0.05, 0.1) is 6.73 Å². The Morgan fingerprint density at radius 3 is 2.74 bits per heavy atom. The Kier molecular flexibility index (Phi) is 5.64. The number of nitrogens with one attached hydrogen (secondary N) is 2. The summed E-state index contributed by atoms with van der Waals surface area (Å²) in [6.45, 7) is 5.76. The van der Waals surface area contributed by atoms with E-state index in [1.807, 2.05) is 0 Å². The molecule has 0 fully saturated rings. The highest BCUT2D eigenvalue weighted by molar-refractivity contribution is 7.14. The SMILES string of the molecule is COCNCc1nc(NC(=O)OC(C)(C)C)sc1F. The van der Waals surface area contributed by atoms with Crippen LogP contribution in [0, 0.1) is 5.13 Å². The first-order valence-electron chi connectivity index (χ1n) is 5.66. The Bertz CT molecular complexity index is 431. The number of ether oxygens (including phenoxy) is 2. The first kappa shape index (κ1) is 15.8. The van der Waals surface area contributed by atoms with Gasteiger partial charge in [-0.3, -0.25) is 10.6 Å². The second-order valence-electron chi connectivity index (χ2n) is 4.73. The van der Waals surface area contributed by atoms with Gasteiger partial charge in [0, 0.05) is 13.7 Å². The maximum absolute atomic E-state index is 13.5. The minimum atomic E-state index is -0.655. The Morgan fingerprint density at radius 2 is 2.16 bits per heavy atom. The van der Waals surface area contributed by atoms with Gasteiger partial charge in [-0.05, 0) is 20.8 Å². The van der Waals surface area contributed by atoms with Crippen LogP contribution in [0.4, 0.5) is 14.3 Å². The molecule has 2 N–H and O–H groups in total. The number of hydrogen-bond acceptors (Lipinski definition) is 6. The highest BCUT2D eigenvalue weighted by Crippen LogP contribution is 2.21. The number of carbonyl (C=O) groups is 1. The molecule has 1 aromatic heterocycles. The van der Waals surface area contributed by atoms with E-state index in [0.717, 1.165) is 11.3 Å². The number of rotatable bonds is 5. The summed E-state index contributed by atoms with van der Waals surface area (Å²) in [6.07, 6.45) is -0.655. The van der Waals surface area contributed by atoms with Gasteiger partial charge >= 0.3 is 6.09 Å². The van der Waals surface area contributed by atoms with Crippen LogP contribution in [0.25, 0.3) is 0 Å². The van der Waals surface area contributed by atoms with Crippen molar-refractivity contribution < 1.29 is 18.7 Å². The van der Waals surface area contributed by atoms with Crippen molar-refractivity contribution in [1.82, 2.24) is 10.3 Å². The lowest BCUT2D eigenvalue weighted by Gasteiger charge is -2.18. The Hall–Kier alpha value is -1.25. The number of thiazole rings is 1. The van der Waals surface area contributed by atoms with Crippen LogP contribution in [0.2, 0.25) is 0 Å². The van der Waals surface area contributed by atoms with E-state index in [-0.39, 0.29) is 17.4 Å². The Morgan fingerprint density at radius 1 is 1.47 bits per heavy atom. The topological polar surface area (TPSA) is 72.5 Å². The van der Waals surface area contributed by atoms with Gasteiger partial charge in [0.25, 0.3) is 0 Å². The number of methoxy groups -OCH3 is 1. The third-order valence-electron chi connectivity index (χ3n) is 1.80. The average Bonchev–Trinajstić information content (AvgIpc) is 2.56. The van der Waals surface area contributed by atoms with Crippen LogP contribution in [0.3, 0.4) is 0 Å². The maximum Gasteiger partial charge on any atom is 0.413 e. The summed E-state index contributed by atoms with van der Waals surface area (Å²) in [7, 11) is 1.53. The van der Waals surface area contributed by atoms with Gasteiger partial charge < -0.3 is 9.47 Å². The van der Waals surface area contributed by atoms with E-state index >= 15 is 0 Å². The van der Waals surface area contributed by atoms with E-state index < -0.39 is 16.8 Å². The van der Waals surface area contributed by atoms with Crippen molar-refractivity contribution in [2.75, 3.05) is 19.2 Å². The van der Waals surface area contributed by atoms with E-state index in [2.05, 4.69) is 15.6 Å². The molecule has 0 aromatic carbocycles. The minimum Gasteiger partial charge on any atom is -0.444 e. The van der Waals surface area contributed by atoms with Gasteiger partial charge in [-0.2, -0.15) is 4.39 Å². The molecule has 19 heavy (non-hydrogen) atoms. The minimum absolute atomic E-state index is 0.168. The quantitative estimate of drug-likeness (QED) is 0.643. The summed E-state index contributed by atoms with van der Waals surface area (Å²) in [5.41, 5.74) is -0.379. The largest absolute Gasteiger partial charge is 0.444 e. The standard InChI is InChI=1S/C11H18FN3O3S/c1-11(2,3)18-10(16)15-9-14-7(8(12)19-9)5-13-6-17-4/h13H,5-6H2,1-4H3,(H,14,15,16). The zero-order valence-corrected chi connectivity index (χ0v) is 12.2. The molecular weight excluding hydrogens is 273 g/mol. The number of amides is 1. The summed E-state index contributed by atoms with van der Waals surface area (Å²) in [4.78, 5) is 15.4. The molecule has 0 aliphatic heterocycles. The second-order valence-corrected chi connectivity index (χ2v) is 5.68.